The lowest BCUT2D eigenvalue weighted by Gasteiger charge is -2.23. The van der Waals surface area contributed by atoms with Crippen LogP contribution < -0.4 is 5.32 Å². The lowest BCUT2D eigenvalue weighted by Crippen LogP contribution is -2.36. The highest BCUT2D eigenvalue weighted by molar-refractivity contribution is 6.33. The second kappa shape index (κ2) is 8.11. The van der Waals surface area contributed by atoms with Crippen molar-refractivity contribution in [1.29, 1.82) is 0 Å². The maximum Gasteiger partial charge on any atom is 0.255 e. The van der Waals surface area contributed by atoms with Crippen LogP contribution in [0, 0.1) is 0 Å². The third-order valence-corrected chi connectivity index (χ3v) is 5.32. The largest absolute Gasteiger partial charge is 0.506 e. The molecule has 0 heterocycles. The molecule has 1 aliphatic carbocycles. The van der Waals surface area contributed by atoms with Crippen LogP contribution in [0.4, 0.5) is 0 Å². The summed E-state index contributed by atoms with van der Waals surface area (Å²) in [5.41, 5.74) is 2.01. The molecule has 2 aromatic rings. The van der Waals surface area contributed by atoms with Gasteiger partial charge in [-0.3, -0.25) is 4.79 Å². The van der Waals surface area contributed by atoms with Crippen molar-refractivity contribution in [2.45, 2.75) is 44.6 Å². The van der Waals surface area contributed by atoms with Crippen molar-refractivity contribution in [1.82, 2.24) is 5.32 Å². The molecule has 25 heavy (non-hydrogen) atoms. The van der Waals surface area contributed by atoms with Crippen LogP contribution in [0.25, 0.3) is 0 Å². The van der Waals surface area contributed by atoms with E-state index in [0.717, 1.165) is 36.8 Å². The molecule has 0 aliphatic heterocycles. The molecular weight excluding hydrogens is 357 g/mol. The second-order valence-electron chi connectivity index (χ2n) is 6.55. The van der Waals surface area contributed by atoms with Crippen molar-refractivity contribution in [3.05, 3.63) is 63.1 Å². The SMILES string of the molecule is O=C(NC1CCCCC1)c1cc(Cc2ccccc2Cl)cc(Cl)c1O. The average molecular weight is 378 g/mol. The third-order valence-electron chi connectivity index (χ3n) is 4.66. The Morgan fingerprint density at radius 1 is 1.08 bits per heavy atom. The average Bonchev–Trinajstić information content (AvgIpc) is 2.60. The first-order valence-corrected chi connectivity index (χ1v) is 9.36. The molecule has 3 rings (SSSR count). The number of hydrogen-bond acceptors (Lipinski definition) is 2. The van der Waals surface area contributed by atoms with Gasteiger partial charge in [-0.05, 0) is 48.6 Å². The summed E-state index contributed by atoms with van der Waals surface area (Å²) in [6.45, 7) is 0. The van der Waals surface area contributed by atoms with Gasteiger partial charge < -0.3 is 10.4 Å². The number of benzene rings is 2. The molecule has 0 bridgehead atoms. The zero-order valence-corrected chi connectivity index (χ0v) is 15.4. The van der Waals surface area contributed by atoms with E-state index in [1.54, 1.807) is 12.1 Å². The minimum atomic E-state index is -0.271. The van der Waals surface area contributed by atoms with E-state index >= 15 is 0 Å². The summed E-state index contributed by atoms with van der Waals surface area (Å²) < 4.78 is 0. The van der Waals surface area contributed by atoms with Crippen molar-refractivity contribution in [2.75, 3.05) is 0 Å². The van der Waals surface area contributed by atoms with Gasteiger partial charge in [0.2, 0.25) is 0 Å². The number of halogens is 2. The van der Waals surface area contributed by atoms with Crippen LogP contribution in [-0.2, 0) is 6.42 Å². The van der Waals surface area contributed by atoms with Gasteiger partial charge in [0.05, 0.1) is 10.6 Å². The molecule has 0 radical (unpaired) electrons. The Bertz CT molecular complexity index is 770. The van der Waals surface area contributed by atoms with Crippen molar-refractivity contribution in [2.24, 2.45) is 0 Å². The summed E-state index contributed by atoms with van der Waals surface area (Å²) in [5, 5.41) is 14.1. The predicted octanol–water partition coefficient (Wildman–Crippen LogP) is 5.35. The molecule has 0 aromatic heterocycles. The van der Waals surface area contributed by atoms with Crippen LogP contribution in [0.15, 0.2) is 36.4 Å². The molecule has 0 unspecified atom stereocenters. The predicted molar refractivity (Wildman–Crippen MR) is 102 cm³/mol. The summed E-state index contributed by atoms with van der Waals surface area (Å²) in [7, 11) is 0. The number of nitrogens with one attached hydrogen (secondary N) is 1. The van der Waals surface area contributed by atoms with E-state index in [1.807, 2.05) is 24.3 Å². The Balaban J connectivity index is 1.82. The molecule has 1 aliphatic rings. The lowest BCUT2D eigenvalue weighted by molar-refractivity contribution is 0.0925. The van der Waals surface area contributed by atoms with Crippen molar-refractivity contribution >= 4 is 29.1 Å². The monoisotopic (exact) mass is 377 g/mol. The number of phenolic OH excluding ortho intramolecular Hbond substituents is 1. The first-order chi connectivity index (χ1) is 12.0. The minimum absolute atomic E-state index is 0.169. The van der Waals surface area contributed by atoms with Crippen LogP contribution in [0.2, 0.25) is 10.0 Å². The topological polar surface area (TPSA) is 49.3 Å². The van der Waals surface area contributed by atoms with E-state index in [2.05, 4.69) is 5.32 Å². The van der Waals surface area contributed by atoms with Crippen LogP contribution in [-0.4, -0.2) is 17.1 Å². The van der Waals surface area contributed by atoms with Gasteiger partial charge in [0.1, 0.15) is 5.75 Å². The third kappa shape index (κ3) is 4.47. The van der Waals surface area contributed by atoms with Crippen LogP contribution >= 0.6 is 23.2 Å². The molecule has 2 N–H and O–H groups in total. The van der Waals surface area contributed by atoms with Crippen molar-refractivity contribution in [3.63, 3.8) is 0 Å². The molecule has 0 spiro atoms. The highest BCUT2D eigenvalue weighted by atomic mass is 35.5. The summed E-state index contributed by atoms with van der Waals surface area (Å²) in [6.07, 6.45) is 5.99. The number of carbonyl (C=O) groups is 1. The fourth-order valence-corrected chi connectivity index (χ4v) is 3.75. The summed E-state index contributed by atoms with van der Waals surface area (Å²) in [5.74, 6) is -0.440. The number of rotatable bonds is 4. The highest BCUT2D eigenvalue weighted by Crippen LogP contribution is 2.31. The van der Waals surface area contributed by atoms with Crippen molar-refractivity contribution in [3.8, 4) is 5.75 Å². The highest BCUT2D eigenvalue weighted by Gasteiger charge is 2.20. The smallest absolute Gasteiger partial charge is 0.255 e. The molecular formula is C20H21Cl2NO2. The first kappa shape index (κ1) is 18.1. The van der Waals surface area contributed by atoms with E-state index in [1.165, 1.54) is 6.42 Å². The van der Waals surface area contributed by atoms with Crippen LogP contribution in [0.3, 0.4) is 0 Å². The second-order valence-corrected chi connectivity index (χ2v) is 7.36. The quantitative estimate of drug-likeness (QED) is 0.753. The van der Waals surface area contributed by atoms with Gasteiger partial charge in [0.25, 0.3) is 5.91 Å². The fourth-order valence-electron chi connectivity index (χ4n) is 3.30. The van der Waals surface area contributed by atoms with Gasteiger partial charge in [-0.15, -0.1) is 0 Å². The maximum atomic E-state index is 12.6. The van der Waals surface area contributed by atoms with E-state index in [4.69, 9.17) is 23.2 Å². The Morgan fingerprint density at radius 3 is 2.52 bits per heavy atom. The molecule has 3 nitrogen and oxygen atoms in total. The van der Waals surface area contributed by atoms with Crippen LogP contribution in [0.5, 0.6) is 5.75 Å². The fraction of sp³-hybridized carbons (Fsp3) is 0.350. The number of aromatic hydroxyl groups is 1. The van der Waals surface area contributed by atoms with Crippen LogP contribution in [0.1, 0.15) is 53.6 Å². The number of hydrogen-bond donors (Lipinski definition) is 2. The zero-order chi connectivity index (χ0) is 17.8. The van der Waals surface area contributed by atoms with E-state index < -0.39 is 0 Å². The van der Waals surface area contributed by atoms with Gasteiger partial charge >= 0.3 is 0 Å². The lowest BCUT2D eigenvalue weighted by atomic mass is 9.95. The standard InChI is InChI=1S/C20H21Cl2NO2/c21-17-9-5-4-6-14(17)10-13-11-16(19(24)18(22)12-13)20(25)23-15-7-2-1-3-8-15/h4-6,9,11-12,15,24H,1-3,7-8,10H2,(H,23,25). The van der Waals surface area contributed by atoms with Gasteiger partial charge in [0.15, 0.2) is 0 Å². The van der Waals surface area contributed by atoms with E-state index in [-0.39, 0.29) is 28.3 Å². The molecule has 1 fully saturated rings. The molecule has 2 aromatic carbocycles. The Hall–Kier alpha value is -1.71. The number of amides is 1. The number of phenols is 1. The summed E-state index contributed by atoms with van der Waals surface area (Å²) >= 11 is 12.4. The van der Waals surface area contributed by atoms with Crippen molar-refractivity contribution < 1.29 is 9.90 Å². The molecule has 1 saturated carbocycles. The van der Waals surface area contributed by atoms with Gasteiger partial charge in [-0.2, -0.15) is 0 Å². The molecule has 132 valence electrons. The van der Waals surface area contributed by atoms with E-state index in [0.29, 0.717) is 11.4 Å². The first-order valence-electron chi connectivity index (χ1n) is 8.60. The van der Waals surface area contributed by atoms with E-state index in [9.17, 15) is 9.90 Å². The summed E-state index contributed by atoms with van der Waals surface area (Å²) in [4.78, 5) is 12.6. The zero-order valence-electron chi connectivity index (χ0n) is 13.9. The van der Waals surface area contributed by atoms with Gasteiger partial charge in [-0.25, -0.2) is 0 Å². The minimum Gasteiger partial charge on any atom is -0.506 e. The normalized spacial score (nSPS) is 15.1. The van der Waals surface area contributed by atoms with Gasteiger partial charge in [0, 0.05) is 11.1 Å². The Morgan fingerprint density at radius 2 is 1.80 bits per heavy atom. The number of carbonyl (C=O) groups excluding carboxylic acids is 1. The molecule has 1 amide bonds. The molecule has 0 atom stereocenters. The Kier molecular flexibility index (Phi) is 5.87. The molecule has 5 heteroatoms. The Labute approximate surface area is 158 Å². The summed E-state index contributed by atoms with van der Waals surface area (Å²) in [6, 6.07) is 11.1. The maximum absolute atomic E-state index is 12.6. The molecule has 0 saturated heterocycles. The van der Waals surface area contributed by atoms with Gasteiger partial charge in [-0.1, -0.05) is 60.7 Å².